The van der Waals surface area contributed by atoms with Gasteiger partial charge in [0.25, 0.3) is 5.91 Å². The SMILES string of the molecule is Cc1cc(C(=O)Nc2c(N)ccc(C)c2C)no1. The van der Waals surface area contributed by atoms with Crippen LogP contribution in [-0.2, 0) is 0 Å². The fourth-order valence-corrected chi connectivity index (χ4v) is 1.65. The van der Waals surface area contributed by atoms with Crippen molar-refractivity contribution in [1.29, 1.82) is 0 Å². The summed E-state index contributed by atoms with van der Waals surface area (Å²) in [5, 5.41) is 6.43. The molecule has 0 aliphatic carbocycles. The van der Waals surface area contributed by atoms with E-state index in [1.165, 1.54) is 0 Å². The van der Waals surface area contributed by atoms with E-state index in [0.717, 1.165) is 11.1 Å². The minimum absolute atomic E-state index is 0.243. The van der Waals surface area contributed by atoms with Gasteiger partial charge in [-0.2, -0.15) is 0 Å². The first-order valence-electron chi connectivity index (χ1n) is 5.59. The van der Waals surface area contributed by atoms with Crippen LogP contribution < -0.4 is 11.1 Å². The van der Waals surface area contributed by atoms with Crippen molar-refractivity contribution in [2.24, 2.45) is 0 Å². The van der Waals surface area contributed by atoms with Crippen molar-refractivity contribution in [1.82, 2.24) is 5.16 Å². The average molecular weight is 245 g/mol. The fourth-order valence-electron chi connectivity index (χ4n) is 1.65. The van der Waals surface area contributed by atoms with Crippen LogP contribution in [0.1, 0.15) is 27.4 Å². The summed E-state index contributed by atoms with van der Waals surface area (Å²) < 4.78 is 4.87. The lowest BCUT2D eigenvalue weighted by Gasteiger charge is -2.12. The van der Waals surface area contributed by atoms with E-state index < -0.39 is 0 Å². The molecule has 0 fully saturated rings. The van der Waals surface area contributed by atoms with E-state index >= 15 is 0 Å². The lowest BCUT2D eigenvalue weighted by molar-refractivity contribution is 0.101. The molecule has 5 nitrogen and oxygen atoms in total. The summed E-state index contributed by atoms with van der Waals surface area (Å²) in [6, 6.07) is 5.27. The molecule has 2 rings (SSSR count). The van der Waals surface area contributed by atoms with Crippen molar-refractivity contribution in [2.75, 3.05) is 11.1 Å². The summed E-state index contributed by atoms with van der Waals surface area (Å²) in [4.78, 5) is 12.0. The van der Waals surface area contributed by atoms with Gasteiger partial charge in [-0.05, 0) is 38.0 Å². The minimum Gasteiger partial charge on any atom is -0.397 e. The highest BCUT2D eigenvalue weighted by Crippen LogP contribution is 2.26. The number of aromatic nitrogens is 1. The second-order valence-electron chi connectivity index (χ2n) is 4.25. The molecule has 0 bridgehead atoms. The first-order valence-corrected chi connectivity index (χ1v) is 5.59. The number of benzene rings is 1. The number of nitrogen functional groups attached to an aromatic ring is 1. The molecule has 2 aromatic rings. The molecule has 1 heterocycles. The molecule has 0 atom stereocenters. The second-order valence-corrected chi connectivity index (χ2v) is 4.25. The molecule has 0 aliphatic rings. The van der Waals surface area contributed by atoms with Crippen molar-refractivity contribution in [3.63, 3.8) is 0 Å². The number of carbonyl (C=O) groups is 1. The number of nitrogens with two attached hydrogens (primary N) is 1. The van der Waals surface area contributed by atoms with E-state index in [1.54, 1.807) is 19.1 Å². The van der Waals surface area contributed by atoms with Crippen LogP contribution in [0.15, 0.2) is 22.7 Å². The first kappa shape index (κ1) is 12.2. The summed E-state index contributed by atoms with van der Waals surface area (Å²) in [6.07, 6.45) is 0. The van der Waals surface area contributed by atoms with Gasteiger partial charge in [0, 0.05) is 6.07 Å². The van der Waals surface area contributed by atoms with Gasteiger partial charge in [-0.3, -0.25) is 4.79 Å². The van der Waals surface area contributed by atoms with Crippen LogP contribution in [0.2, 0.25) is 0 Å². The third kappa shape index (κ3) is 2.20. The van der Waals surface area contributed by atoms with Crippen LogP contribution in [0.25, 0.3) is 0 Å². The van der Waals surface area contributed by atoms with Gasteiger partial charge in [-0.25, -0.2) is 0 Å². The van der Waals surface area contributed by atoms with Crippen LogP contribution in [0, 0.1) is 20.8 Å². The van der Waals surface area contributed by atoms with Gasteiger partial charge in [0.1, 0.15) is 5.76 Å². The van der Waals surface area contributed by atoms with E-state index in [2.05, 4.69) is 10.5 Å². The lowest BCUT2D eigenvalue weighted by Crippen LogP contribution is -2.15. The third-order valence-corrected chi connectivity index (χ3v) is 2.87. The lowest BCUT2D eigenvalue weighted by atomic mass is 10.1. The van der Waals surface area contributed by atoms with Crippen molar-refractivity contribution in [3.8, 4) is 0 Å². The Hall–Kier alpha value is -2.30. The van der Waals surface area contributed by atoms with Crippen LogP contribution in [0.4, 0.5) is 11.4 Å². The van der Waals surface area contributed by atoms with E-state index in [1.807, 2.05) is 19.9 Å². The van der Waals surface area contributed by atoms with Crippen molar-refractivity contribution in [3.05, 3.63) is 40.8 Å². The summed E-state index contributed by atoms with van der Waals surface area (Å²) in [5.41, 5.74) is 9.28. The minimum atomic E-state index is -0.327. The van der Waals surface area contributed by atoms with Gasteiger partial charge < -0.3 is 15.6 Å². The zero-order chi connectivity index (χ0) is 13.3. The Morgan fingerprint density at radius 1 is 1.33 bits per heavy atom. The van der Waals surface area contributed by atoms with E-state index in [-0.39, 0.29) is 11.6 Å². The number of rotatable bonds is 2. The Morgan fingerprint density at radius 3 is 2.67 bits per heavy atom. The van der Waals surface area contributed by atoms with Crippen LogP contribution in [0.5, 0.6) is 0 Å². The Kier molecular flexibility index (Phi) is 3.06. The average Bonchev–Trinajstić information content (AvgIpc) is 2.76. The summed E-state index contributed by atoms with van der Waals surface area (Å²) >= 11 is 0. The zero-order valence-corrected chi connectivity index (χ0v) is 10.6. The smallest absolute Gasteiger partial charge is 0.277 e. The second kappa shape index (κ2) is 4.52. The number of nitrogens with zero attached hydrogens (tertiary/aromatic N) is 1. The topological polar surface area (TPSA) is 81.2 Å². The van der Waals surface area contributed by atoms with Crippen molar-refractivity contribution >= 4 is 17.3 Å². The van der Waals surface area contributed by atoms with E-state index in [9.17, 15) is 4.79 Å². The highest BCUT2D eigenvalue weighted by Gasteiger charge is 2.14. The molecule has 0 spiro atoms. The van der Waals surface area contributed by atoms with Gasteiger partial charge in [-0.1, -0.05) is 11.2 Å². The highest BCUT2D eigenvalue weighted by atomic mass is 16.5. The van der Waals surface area contributed by atoms with E-state index in [0.29, 0.717) is 17.1 Å². The Balaban J connectivity index is 2.30. The number of nitrogens with one attached hydrogen (secondary N) is 1. The zero-order valence-electron chi connectivity index (χ0n) is 10.6. The standard InChI is InChI=1S/C13H15N3O2/c1-7-4-5-10(14)12(9(7)3)15-13(17)11-6-8(2)18-16-11/h4-6H,14H2,1-3H3,(H,15,17). The molecule has 94 valence electrons. The van der Waals surface area contributed by atoms with Gasteiger partial charge in [0.05, 0.1) is 11.4 Å². The molecular weight excluding hydrogens is 230 g/mol. The van der Waals surface area contributed by atoms with E-state index in [4.69, 9.17) is 10.3 Å². The maximum atomic E-state index is 12.0. The van der Waals surface area contributed by atoms with Gasteiger partial charge in [0.15, 0.2) is 5.69 Å². The molecule has 1 aromatic carbocycles. The number of anilines is 2. The molecule has 0 aliphatic heterocycles. The first-order chi connectivity index (χ1) is 8.49. The molecular formula is C13H15N3O2. The molecule has 5 heteroatoms. The number of aryl methyl sites for hydroxylation is 2. The Labute approximate surface area is 105 Å². The molecule has 0 saturated carbocycles. The summed E-state index contributed by atoms with van der Waals surface area (Å²) in [5.74, 6) is 0.265. The maximum absolute atomic E-state index is 12.0. The number of hydrogen-bond donors (Lipinski definition) is 2. The number of hydrogen-bond acceptors (Lipinski definition) is 4. The molecule has 1 amide bonds. The molecule has 0 radical (unpaired) electrons. The van der Waals surface area contributed by atoms with Crippen molar-refractivity contribution in [2.45, 2.75) is 20.8 Å². The largest absolute Gasteiger partial charge is 0.397 e. The van der Waals surface area contributed by atoms with Gasteiger partial charge in [-0.15, -0.1) is 0 Å². The van der Waals surface area contributed by atoms with Crippen LogP contribution >= 0.6 is 0 Å². The predicted molar refractivity (Wildman–Crippen MR) is 69.5 cm³/mol. The Bertz CT molecular complexity index is 602. The maximum Gasteiger partial charge on any atom is 0.277 e. The monoisotopic (exact) mass is 245 g/mol. The Morgan fingerprint density at radius 2 is 2.06 bits per heavy atom. The van der Waals surface area contributed by atoms with Crippen molar-refractivity contribution < 1.29 is 9.32 Å². The van der Waals surface area contributed by atoms with Gasteiger partial charge in [0.2, 0.25) is 0 Å². The molecule has 1 aromatic heterocycles. The quantitative estimate of drug-likeness (QED) is 0.796. The summed E-state index contributed by atoms with van der Waals surface area (Å²) in [7, 11) is 0. The van der Waals surface area contributed by atoms with Gasteiger partial charge >= 0.3 is 0 Å². The highest BCUT2D eigenvalue weighted by molar-refractivity contribution is 6.05. The molecule has 3 N–H and O–H groups in total. The molecule has 0 unspecified atom stereocenters. The van der Waals surface area contributed by atoms with Crippen LogP contribution in [-0.4, -0.2) is 11.1 Å². The summed E-state index contributed by atoms with van der Waals surface area (Å²) in [6.45, 7) is 5.61. The number of amides is 1. The molecule has 0 saturated heterocycles. The normalized spacial score (nSPS) is 10.4. The third-order valence-electron chi connectivity index (χ3n) is 2.87. The van der Waals surface area contributed by atoms with Crippen LogP contribution in [0.3, 0.4) is 0 Å². The number of carbonyl (C=O) groups excluding carboxylic acids is 1. The molecule has 18 heavy (non-hydrogen) atoms. The predicted octanol–water partition coefficient (Wildman–Crippen LogP) is 2.43. The fraction of sp³-hybridized carbons (Fsp3) is 0.231.